The highest BCUT2D eigenvalue weighted by atomic mass is 16.6. The summed E-state index contributed by atoms with van der Waals surface area (Å²) >= 11 is 0. The zero-order valence-electron chi connectivity index (χ0n) is 28.3. The second kappa shape index (κ2) is 11.4. The fourth-order valence-corrected chi connectivity index (χ4v) is 12.4. The molecule has 14 atom stereocenters. The van der Waals surface area contributed by atoms with Gasteiger partial charge in [-0.25, -0.2) is 4.79 Å². The molecule has 1 aromatic rings. The van der Waals surface area contributed by atoms with Crippen molar-refractivity contribution < 1.29 is 53.0 Å². The smallest absolute Gasteiger partial charge is 0.338 e. The largest absolute Gasteiger partial charge is 0.497 e. The summed E-state index contributed by atoms with van der Waals surface area (Å²) in [5.41, 5.74) is -3.89. The molecule has 260 valence electrons. The van der Waals surface area contributed by atoms with Gasteiger partial charge in [-0.2, -0.15) is 0 Å². The third-order valence-electron chi connectivity index (χ3n) is 13.4. The summed E-state index contributed by atoms with van der Waals surface area (Å²) in [5.74, 6) is -2.10. The van der Waals surface area contributed by atoms with Crippen LogP contribution in [0.3, 0.4) is 0 Å². The molecular formula is C35H49NO11. The summed E-state index contributed by atoms with van der Waals surface area (Å²) in [6.45, 7) is 5.04. The van der Waals surface area contributed by atoms with Crippen molar-refractivity contribution in [3.63, 3.8) is 0 Å². The standard InChI is InChI=1S/C35H49NO11/c1-8-36-16-32(17-41-3)22(38)13-23(43-5)35-21-14-33(40)24(44-6)15-34(47-18(2)37,26(29(35)36)27(45-7)28(32)35)25(21)30(33)46-31(39)19-9-11-20(42-4)12-10-19/h9-12,21-30,38,40H,8,13-17H2,1-7H3/t21?,22?,23?,24?,25?,26?,27?,28?,29?,30?,32-,33-,34+,35-/m0/s1. The Morgan fingerprint density at radius 3 is 2.26 bits per heavy atom. The summed E-state index contributed by atoms with van der Waals surface area (Å²) in [7, 11) is 8.11. The summed E-state index contributed by atoms with van der Waals surface area (Å²) in [6, 6.07) is 6.44. The lowest BCUT2D eigenvalue weighted by molar-refractivity contribution is -0.300. The van der Waals surface area contributed by atoms with Crippen molar-refractivity contribution in [1.82, 2.24) is 4.90 Å². The number of aliphatic hydroxyl groups excluding tert-OH is 1. The predicted octanol–water partition coefficient (Wildman–Crippen LogP) is 1.69. The number of methoxy groups -OCH3 is 5. The van der Waals surface area contributed by atoms with Crippen LogP contribution >= 0.6 is 0 Å². The maximum absolute atomic E-state index is 13.9. The minimum Gasteiger partial charge on any atom is -0.497 e. The van der Waals surface area contributed by atoms with E-state index in [2.05, 4.69) is 11.8 Å². The van der Waals surface area contributed by atoms with Gasteiger partial charge in [-0.1, -0.05) is 6.92 Å². The first-order chi connectivity index (χ1) is 22.5. The van der Waals surface area contributed by atoms with Gasteiger partial charge in [0.05, 0.1) is 43.7 Å². The average Bonchev–Trinajstić information content (AvgIpc) is 3.43. The third-order valence-corrected chi connectivity index (χ3v) is 13.4. The molecule has 12 nitrogen and oxygen atoms in total. The zero-order valence-corrected chi connectivity index (χ0v) is 28.3. The molecule has 1 saturated heterocycles. The molecule has 0 amide bonds. The Morgan fingerprint density at radius 2 is 1.68 bits per heavy atom. The molecule has 6 fully saturated rings. The van der Waals surface area contributed by atoms with Gasteiger partial charge in [0, 0.05) is 89.4 Å². The number of nitrogens with zero attached hydrogens (tertiary/aromatic N) is 1. The molecule has 7 rings (SSSR count). The number of esters is 2. The van der Waals surface area contributed by atoms with E-state index in [1.54, 1.807) is 52.7 Å². The summed E-state index contributed by atoms with van der Waals surface area (Å²) < 4.78 is 43.2. The van der Waals surface area contributed by atoms with Crippen molar-refractivity contribution in [3.8, 4) is 5.75 Å². The number of ether oxygens (including phenoxy) is 7. The molecule has 1 heterocycles. The van der Waals surface area contributed by atoms with Crippen LogP contribution in [0, 0.1) is 34.5 Å². The maximum Gasteiger partial charge on any atom is 0.338 e. The SMILES string of the molecule is CCN1C[C@]2(COC)C(O)CC(OC)[C@@]34C5C[C@]6(O)C(OC)C[C@@](OC(C)=O)(C5C6OC(=O)c5ccc(OC)cc5)C(C(OC)C23)C14. The highest BCUT2D eigenvalue weighted by Crippen LogP contribution is 2.80. The number of piperidine rings is 1. The monoisotopic (exact) mass is 659 g/mol. The van der Waals surface area contributed by atoms with E-state index in [1.807, 2.05) is 0 Å². The van der Waals surface area contributed by atoms with Crippen LogP contribution in [0.5, 0.6) is 5.75 Å². The molecule has 47 heavy (non-hydrogen) atoms. The number of hydrogen-bond acceptors (Lipinski definition) is 12. The minimum absolute atomic E-state index is 0.179. The zero-order chi connectivity index (χ0) is 33.7. The first-order valence-electron chi connectivity index (χ1n) is 16.7. The molecule has 1 spiro atoms. The van der Waals surface area contributed by atoms with Gasteiger partial charge in [0.2, 0.25) is 0 Å². The van der Waals surface area contributed by atoms with E-state index in [0.29, 0.717) is 37.4 Å². The highest BCUT2D eigenvalue weighted by molar-refractivity contribution is 5.89. The van der Waals surface area contributed by atoms with Crippen molar-refractivity contribution in [1.29, 1.82) is 0 Å². The molecule has 5 aliphatic carbocycles. The molecule has 6 aliphatic rings. The van der Waals surface area contributed by atoms with Crippen molar-refractivity contribution in [2.24, 2.45) is 34.5 Å². The van der Waals surface area contributed by atoms with Crippen LogP contribution < -0.4 is 4.74 Å². The number of carbonyl (C=O) groups is 2. The minimum atomic E-state index is -1.58. The number of benzene rings is 1. The van der Waals surface area contributed by atoms with Crippen LogP contribution in [0.2, 0.25) is 0 Å². The molecular weight excluding hydrogens is 610 g/mol. The van der Waals surface area contributed by atoms with E-state index in [-0.39, 0.29) is 30.7 Å². The number of hydrogen-bond donors (Lipinski definition) is 2. The molecule has 1 aliphatic heterocycles. The van der Waals surface area contributed by atoms with Crippen molar-refractivity contribution in [2.75, 3.05) is 55.2 Å². The number of aliphatic hydroxyl groups is 2. The molecule has 2 N–H and O–H groups in total. The van der Waals surface area contributed by atoms with Gasteiger partial charge in [-0.3, -0.25) is 9.69 Å². The number of rotatable bonds is 10. The van der Waals surface area contributed by atoms with E-state index >= 15 is 0 Å². The van der Waals surface area contributed by atoms with Gasteiger partial charge >= 0.3 is 11.9 Å². The summed E-state index contributed by atoms with van der Waals surface area (Å²) in [4.78, 5) is 29.5. The van der Waals surface area contributed by atoms with Crippen LogP contribution in [0.25, 0.3) is 0 Å². The third kappa shape index (κ3) is 4.00. The molecule has 10 unspecified atom stereocenters. The van der Waals surface area contributed by atoms with Gasteiger partial charge in [0.15, 0.2) is 0 Å². The Hall–Kier alpha value is -2.32. The fourth-order valence-electron chi connectivity index (χ4n) is 12.4. The molecule has 12 heteroatoms. The lowest BCUT2D eigenvalue weighted by Crippen LogP contribution is -2.79. The lowest BCUT2D eigenvalue weighted by atomic mass is 9.42. The van der Waals surface area contributed by atoms with Gasteiger partial charge in [0.1, 0.15) is 23.1 Å². The molecule has 0 aromatic heterocycles. The van der Waals surface area contributed by atoms with Gasteiger partial charge < -0.3 is 43.4 Å². The second-order valence-corrected chi connectivity index (χ2v) is 14.7. The Bertz CT molecular complexity index is 1390. The molecule has 7 bridgehead atoms. The van der Waals surface area contributed by atoms with Crippen LogP contribution in [0.1, 0.15) is 43.5 Å². The van der Waals surface area contributed by atoms with E-state index in [4.69, 9.17) is 33.2 Å². The molecule has 1 aromatic carbocycles. The number of likely N-dealkylation sites (tertiary alicyclic amines) is 1. The van der Waals surface area contributed by atoms with Gasteiger partial charge in [-0.05, 0) is 43.1 Å². The Balaban J connectivity index is 1.47. The highest BCUT2D eigenvalue weighted by Gasteiger charge is 2.90. The van der Waals surface area contributed by atoms with E-state index in [9.17, 15) is 19.8 Å². The van der Waals surface area contributed by atoms with Gasteiger partial charge in [-0.15, -0.1) is 0 Å². The Morgan fingerprint density at radius 1 is 0.979 bits per heavy atom. The number of fused-ring (bicyclic) bond motifs is 2. The molecule has 0 radical (unpaired) electrons. The summed E-state index contributed by atoms with van der Waals surface area (Å²) in [5, 5.41) is 24.8. The van der Waals surface area contributed by atoms with Gasteiger partial charge in [0.25, 0.3) is 0 Å². The predicted molar refractivity (Wildman–Crippen MR) is 166 cm³/mol. The van der Waals surface area contributed by atoms with Crippen molar-refractivity contribution in [3.05, 3.63) is 29.8 Å². The fraction of sp³-hybridized carbons (Fsp3) is 0.771. The van der Waals surface area contributed by atoms with E-state index in [0.717, 1.165) is 0 Å². The van der Waals surface area contributed by atoms with Crippen molar-refractivity contribution in [2.45, 2.75) is 80.9 Å². The summed E-state index contributed by atoms with van der Waals surface area (Å²) in [6.07, 6.45) is -2.70. The van der Waals surface area contributed by atoms with Crippen LogP contribution in [0.4, 0.5) is 0 Å². The van der Waals surface area contributed by atoms with Crippen LogP contribution in [-0.2, 0) is 33.2 Å². The quantitative estimate of drug-likeness (QED) is 0.353. The first kappa shape index (κ1) is 33.2. The average molecular weight is 660 g/mol. The normalized spacial score (nSPS) is 47.4. The topological polar surface area (TPSA) is 142 Å². The van der Waals surface area contributed by atoms with Crippen molar-refractivity contribution >= 4 is 11.9 Å². The van der Waals surface area contributed by atoms with Crippen LogP contribution in [-0.4, -0.2) is 130 Å². The second-order valence-electron chi connectivity index (χ2n) is 14.7. The first-order valence-corrected chi connectivity index (χ1v) is 16.7. The van der Waals surface area contributed by atoms with E-state index < -0.39 is 76.3 Å². The van der Waals surface area contributed by atoms with E-state index in [1.165, 1.54) is 14.0 Å². The number of carbonyl (C=O) groups excluding carboxylic acids is 2. The Labute approximate surface area is 275 Å². The lowest BCUT2D eigenvalue weighted by Gasteiger charge is -2.70. The van der Waals surface area contributed by atoms with Crippen LogP contribution in [0.15, 0.2) is 24.3 Å². The maximum atomic E-state index is 13.9. The Kier molecular flexibility index (Phi) is 8.02. The molecule has 5 saturated carbocycles.